The molecule has 138 valence electrons. The molecule has 0 amide bonds. The molecule has 0 aliphatic rings. The van der Waals surface area contributed by atoms with Gasteiger partial charge in [-0.2, -0.15) is 9.78 Å². The number of nitro benzene ring substituents is 1. The van der Waals surface area contributed by atoms with E-state index in [9.17, 15) is 14.9 Å². The molecule has 27 heavy (non-hydrogen) atoms. The van der Waals surface area contributed by atoms with Crippen molar-refractivity contribution in [3.8, 4) is 0 Å². The van der Waals surface area contributed by atoms with E-state index < -0.39 is 4.92 Å². The average molecular weight is 429 g/mol. The Labute approximate surface area is 163 Å². The molecule has 1 heterocycles. The number of para-hydroxylation sites is 1. The second kappa shape index (κ2) is 8.22. The molecule has 0 aliphatic heterocycles. The minimum atomic E-state index is -0.474. The van der Waals surface area contributed by atoms with Crippen LogP contribution in [0.3, 0.4) is 0 Å². The highest BCUT2D eigenvalue weighted by Crippen LogP contribution is 2.18. The van der Waals surface area contributed by atoms with E-state index in [4.69, 9.17) is 0 Å². The molecule has 0 bridgehead atoms. The predicted octanol–water partition coefficient (Wildman–Crippen LogP) is 4.29. The van der Waals surface area contributed by atoms with Gasteiger partial charge in [0.15, 0.2) is 0 Å². The van der Waals surface area contributed by atoms with Crippen LogP contribution < -0.4 is 5.56 Å². The molecule has 0 radical (unpaired) electrons. The largest absolute Gasteiger partial charge is 0.282 e. The number of nitrogens with zero attached hydrogens (tertiary/aromatic N) is 4. The zero-order valence-corrected chi connectivity index (χ0v) is 16.2. The van der Waals surface area contributed by atoms with Gasteiger partial charge in [0, 0.05) is 17.0 Å². The number of aryl methyl sites for hydroxylation is 1. The summed E-state index contributed by atoms with van der Waals surface area (Å²) in [6, 6.07) is 11.6. The quantitative estimate of drug-likeness (QED) is 0.332. The summed E-state index contributed by atoms with van der Waals surface area (Å²) < 4.78 is 2.01. The van der Waals surface area contributed by atoms with Crippen LogP contribution in [0.4, 0.5) is 5.69 Å². The minimum absolute atomic E-state index is 0.0686. The van der Waals surface area contributed by atoms with Gasteiger partial charge in [0.05, 0.1) is 27.6 Å². The first-order chi connectivity index (χ1) is 13.0. The number of rotatable bonds is 6. The second-order valence-electron chi connectivity index (χ2n) is 5.97. The monoisotopic (exact) mass is 428 g/mol. The van der Waals surface area contributed by atoms with Gasteiger partial charge in [0.25, 0.3) is 11.2 Å². The Morgan fingerprint density at radius 3 is 2.81 bits per heavy atom. The number of aromatic nitrogens is 2. The lowest BCUT2D eigenvalue weighted by Crippen LogP contribution is -2.22. The number of benzene rings is 2. The molecule has 7 nitrogen and oxygen atoms in total. The topological polar surface area (TPSA) is 90.4 Å². The Morgan fingerprint density at radius 2 is 2.07 bits per heavy atom. The van der Waals surface area contributed by atoms with Crippen LogP contribution in [-0.2, 0) is 6.42 Å². The van der Waals surface area contributed by atoms with Gasteiger partial charge in [0.1, 0.15) is 5.82 Å². The van der Waals surface area contributed by atoms with Crippen molar-refractivity contribution in [2.24, 2.45) is 5.10 Å². The summed E-state index contributed by atoms with van der Waals surface area (Å²) in [5.74, 6) is 0.534. The van der Waals surface area contributed by atoms with Crippen LogP contribution in [0.5, 0.6) is 0 Å². The van der Waals surface area contributed by atoms with Gasteiger partial charge in [-0.25, -0.2) is 4.98 Å². The van der Waals surface area contributed by atoms with Crippen molar-refractivity contribution in [3.63, 3.8) is 0 Å². The van der Waals surface area contributed by atoms with E-state index in [1.165, 1.54) is 17.0 Å². The fourth-order valence-corrected chi connectivity index (χ4v) is 3.05. The van der Waals surface area contributed by atoms with Crippen LogP contribution in [0, 0.1) is 10.1 Å². The lowest BCUT2D eigenvalue weighted by atomic mass is 10.2. The third kappa shape index (κ3) is 4.11. The van der Waals surface area contributed by atoms with E-state index in [2.05, 4.69) is 32.9 Å². The van der Waals surface area contributed by atoms with Crippen molar-refractivity contribution in [2.75, 3.05) is 0 Å². The first-order valence-corrected chi connectivity index (χ1v) is 9.29. The summed E-state index contributed by atoms with van der Waals surface area (Å²) in [7, 11) is 0. The lowest BCUT2D eigenvalue weighted by Gasteiger charge is -2.09. The van der Waals surface area contributed by atoms with E-state index in [-0.39, 0.29) is 11.2 Å². The van der Waals surface area contributed by atoms with Crippen LogP contribution in [0.15, 0.2) is 56.8 Å². The third-order valence-electron chi connectivity index (χ3n) is 4.08. The zero-order valence-electron chi connectivity index (χ0n) is 14.6. The minimum Gasteiger partial charge on any atom is -0.267 e. The number of halogens is 1. The molecule has 0 aliphatic carbocycles. The molecular formula is C19H17BrN4O3. The molecule has 0 spiro atoms. The molecule has 0 unspecified atom stereocenters. The van der Waals surface area contributed by atoms with Crippen LogP contribution in [-0.4, -0.2) is 20.8 Å². The van der Waals surface area contributed by atoms with Gasteiger partial charge in [-0.3, -0.25) is 14.9 Å². The lowest BCUT2D eigenvalue weighted by molar-refractivity contribution is -0.385. The van der Waals surface area contributed by atoms with Crippen molar-refractivity contribution in [1.82, 2.24) is 9.66 Å². The van der Waals surface area contributed by atoms with E-state index in [1.807, 2.05) is 6.07 Å². The Bertz CT molecular complexity index is 1090. The molecule has 1 aromatic heterocycles. The van der Waals surface area contributed by atoms with Crippen LogP contribution >= 0.6 is 15.9 Å². The molecule has 2 aromatic carbocycles. The smallest absolute Gasteiger partial charge is 0.267 e. The summed E-state index contributed by atoms with van der Waals surface area (Å²) in [4.78, 5) is 28.2. The fraction of sp³-hybridized carbons (Fsp3) is 0.211. The zero-order chi connectivity index (χ0) is 19.4. The standard InChI is InChI=1S/C19H17BrN4O3/c1-2-3-8-18-22-16-10-9-14(20)11-15(16)19(25)23(18)21-12-13-6-4-5-7-17(13)24(26)27/h4-7,9-12H,2-3,8H2,1H3. The van der Waals surface area contributed by atoms with E-state index in [1.54, 1.807) is 30.3 Å². The Balaban J connectivity index is 2.15. The second-order valence-corrected chi connectivity index (χ2v) is 6.89. The molecule has 3 aromatic rings. The number of hydrogen-bond donors (Lipinski definition) is 0. The molecule has 0 N–H and O–H groups in total. The maximum absolute atomic E-state index is 13.0. The van der Waals surface area contributed by atoms with E-state index >= 15 is 0 Å². The van der Waals surface area contributed by atoms with Crippen molar-refractivity contribution in [2.45, 2.75) is 26.2 Å². The number of fused-ring (bicyclic) bond motifs is 1. The highest BCUT2D eigenvalue weighted by molar-refractivity contribution is 9.10. The normalized spacial score (nSPS) is 11.3. The Morgan fingerprint density at radius 1 is 1.30 bits per heavy atom. The van der Waals surface area contributed by atoms with Crippen LogP contribution in [0.2, 0.25) is 0 Å². The third-order valence-corrected chi connectivity index (χ3v) is 4.57. The summed E-state index contributed by atoms with van der Waals surface area (Å²) in [5.41, 5.74) is 0.555. The van der Waals surface area contributed by atoms with E-state index in [0.717, 1.165) is 17.3 Å². The molecule has 0 atom stereocenters. The number of nitro groups is 1. The average Bonchev–Trinajstić information content (AvgIpc) is 2.66. The molecule has 0 fully saturated rings. The van der Waals surface area contributed by atoms with Gasteiger partial charge in [-0.15, -0.1) is 0 Å². The molecule has 3 rings (SSSR count). The van der Waals surface area contributed by atoms with Crippen molar-refractivity contribution in [1.29, 1.82) is 0 Å². The summed E-state index contributed by atoms with van der Waals surface area (Å²) in [5, 5.41) is 15.9. The maximum atomic E-state index is 13.0. The maximum Gasteiger partial charge on any atom is 0.282 e. The van der Waals surface area contributed by atoms with Gasteiger partial charge in [-0.05, 0) is 30.7 Å². The summed E-state index contributed by atoms with van der Waals surface area (Å²) in [6.07, 6.45) is 3.73. The number of unbranched alkanes of at least 4 members (excludes halogenated alkanes) is 1. The van der Waals surface area contributed by atoms with Crippen LogP contribution in [0.25, 0.3) is 10.9 Å². The van der Waals surface area contributed by atoms with Gasteiger partial charge < -0.3 is 0 Å². The first kappa shape index (κ1) is 18.9. The molecule has 0 saturated carbocycles. The van der Waals surface area contributed by atoms with Crippen molar-refractivity contribution < 1.29 is 4.92 Å². The van der Waals surface area contributed by atoms with E-state index in [0.29, 0.717) is 28.7 Å². The van der Waals surface area contributed by atoms with Crippen molar-refractivity contribution in [3.05, 3.63) is 78.8 Å². The molecule has 8 heteroatoms. The SMILES string of the molecule is CCCCc1nc2ccc(Br)cc2c(=O)n1N=Cc1ccccc1[N+](=O)[O-]. The van der Waals surface area contributed by atoms with Gasteiger partial charge in [-0.1, -0.05) is 41.4 Å². The Kier molecular flexibility index (Phi) is 5.75. The first-order valence-electron chi connectivity index (χ1n) is 8.50. The van der Waals surface area contributed by atoms with Gasteiger partial charge in [0.2, 0.25) is 0 Å². The van der Waals surface area contributed by atoms with Crippen molar-refractivity contribution >= 4 is 38.7 Å². The highest BCUT2D eigenvalue weighted by Gasteiger charge is 2.13. The molecular weight excluding hydrogens is 412 g/mol. The summed E-state index contributed by atoms with van der Waals surface area (Å²) in [6.45, 7) is 2.05. The molecule has 0 saturated heterocycles. The summed E-state index contributed by atoms with van der Waals surface area (Å²) >= 11 is 3.36. The predicted molar refractivity (Wildman–Crippen MR) is 108 cm³/mol. The van der Waals surface area contributed by atoms with Crippen LogP contribution in [0.1, 0.15) is 31.2 Å². The highest BCUT2D eigenvalue weighted by atomic mass is 79.9. The van der Waals surface area contributed by atoms with Gasteiger partial charge >= 0.3 is 0 Å². The number of hydrogen-bond acceptors (Lipinski definition) is 5. The Hall–Kier alpha value is -2.87. The fourth-order valence-electron chi connectivity index (χ4n) is 2.69.